The zero-order valence-electron chi connectivity index (χ0n) is 15.9. The molecule has 5 atom stereocenters. The predicted octanol–water partition coefficient (Wildman–Crippen LogP) is -2.63. The van der Waals surface area contributed by atoms with Crippen LogP contribution < -0.4 is 0 Å². The first-order valence-electron chi connectivity index (χ1n) is 7.49. The Hall–Kier alpha value is -0.440. The van der Waals surface area contributed by atoms with Crippen molar-refractivity contribution in [2.75, 3.05) is 38.7 Å². The van der Waals surface area contributed by atoms with Crippen molar-refractivity contribution in [3.05, 3.63) is 0 Å². The molecule has 0 radical (unpaired) electrons. The summed E-state index contributed by atoms with van der Waals surface area (Å²) >= 11 is 0. The third-order valence-electron chi connectivity index (χ3n) is 3.13. The van der Waals surface area contributed by atoms with Crippen LogP contribution in [0.5, 0.6) is 0 Å². The van der Waals surface area contributed by atoms with Crippen LogP contribution in [0.25, 0.3) is 0 Å². The maximum atomic E-state index is 11.7. The summed E-state index contributed by atoms with van der Waals surface area (Å²) in [5.41, 5.74) is 0. The van der Waals surface area contributed by atoms with Crippen LogP contribution in [0.4, 0.5) is 0 Å². The van der Waals surface area contributed by atoms with E-state index >= 15 is 0 Å². The Morgan fingerprint density at radius 3 is 1.45 bits per heavy atom. The van der Waals surface area contributed by atoms with Crippen LogP contribution in [0.15, 0.2) is 0 Å². The molecule has 174 valence electrons. The van der Waals surface area contributed by atoms with Gasteiger partial charge in [0.15, 0.2) is 12.4 Å². The first kappa shape index (κ1) is 26.6. The molecule has 0 aliphatic carbocycles. The molecule has 0 amide bonds. The highest BCUT2D eigenvalue weighted by atomic mass is 32.2. The number of hydrogen-bond acceptors (Lipinski definition) is 14. The fraction of sp³-hybridized carbons (Fsp3) is 1.00. The Morgan fingerprint density at radius 2 is 1.07 bits per heavy atom. The fourth-order valence-corrected chi connectivity index (χ4v) is 4.57. The molecule has 0 spiro atoms. The molecule has 1 fully saturated rings. The molecule has 18 heteroatoms. The molecule has 0 aromatic carbocycles. The van der Waals surface area contributed by atoms with Gasteiger partial charge in [-0.25, -0.2) is 0 Å². The van der Waals surface area contributed by atoms with Gasteiger partial charge >= 0.3 is 0 Å². The van der Waals surface area contributed by atoms with Gasteiger partial charge in [-0.2, -0.15) is 33.7 Å². The van der Waals surface area contributed by atoms with E-state index in [-0.39, 0.29) is 0 Å². The lowest BCUT2D eigenvalue weighted by Gasteiger charge is -2.43. The monoisotopic (exact) mass is 506 g/mol. The van der Waals surface area contributed by atoms with E-state index in [1.54, 1.807) is 0 Å². The third kappa shape index (κ3) is 9.94. The van der Waals surface area contributed by atoms with E-state index in [4.69, 9.17) is 22.0 Å². The zero-order valence-corrected chi connectivity index (χ0v) is 19.2. The predicted molar refractivity (Wildman–Crippen MR) is 95.6 cm³/mol. The summed E-state index contributed by atoms with van der Waals surface area (Å²) in [7, 11) is -15.8. The first-order valence-corrected chi connectivity index (χ1v) is 14.8. The smallest absolute Gasteiger partial charge is 0.264 e. The summed E-state index contributed by atoms with van der Waals surface area (Å²) in [6.45, 7) is -0.825. The summed E-state index contributed by atoms with van der Waals surface area (Å²) in [5.74, 6) is 0. The maximum Gasteiger partial charge on any atom is 0.264 e. The van der Waals surface area contributed by atoms with Gasteiger partial charge in [-0.1, -0.05) is 0 Å². The summed E-state index contributed by atoms with van der Waals surface area (Å²) in [6, 6.07) is 0. The molecule has 0 unspecified atom stereocenters. The van der Waals surface area contributed by atoms with Crippen LogP contribution >= 0.6 is 0 Å². The summed E-state index contributed by atoms with van der Waals surface area (Å²) in [4.78, 5) is 0. The van der Waals surface area contributed by atoms with E-state index in [1.165, 1.54) is 0 Å². The van der Waals surface area contributed by atoms with Crippen LogP contribution in [0.3, 0.4) is 0 Å². The Morgan fingerprint density at radius 1 is 0.655 bits per heavy atom. The van der Waals surface area contributed by atoms with Crippen LogP contribution in [-0.4, -0.2) is 103 Å². The van der Waals surface area contributed by atoms with Crippen LogP contribution in [-0.2, 0) is 66.7 Å². The first-order chi connectivity index (χ1) is 12.8. The second-order valence-corrected chi connectivity index (χ2v) is 12.5. The van der Waals surface area contributed by atoms with Crippen LogP contribution in [0.1, 0.15) is 0 Å². The van der Waals surface area contributed by atoms with E-state index in [0.29, 0.717) is 25.0 Å². The van der Waals surface area contributed by atoms with Gasteiger partial charge in [0.1, 0.15) is 18.3 Å². The topological polar surface area (TPSA) is 192 Å². The lowest BCUT2D eigenvalue weighted by Crippen LogP contribution is -2.62. The van der Waals surface area contributed by atoms with Gasteiger partial charge in [0.2, 0.25) is 0 Å². The molecule has 0 bridgehead atoms. The Bertz CT molecular complexity index is 980. The lowest BCUT2D eigenvalue weighted by atomic mass is 9.99. The van der Waals surface area contributed by atoms with E-state index < -0.39 is 77.8 Å². The van der Waals surface area contributed by atoms with Crippen LogP contribution in [0, 0.1) is 0 Å². The average Bonchev–Trinajstić information content (AvgIpc) is 2.44. The van der Waals surface area contributed by atoms with Crippen molar-refractivity contribution >= 4 is 40.5 Å². The number of rotatable bonds is 10. The molecule has 0 saturated carbocycles. The molecule has 1 saturated heterocycles. The van der Waals surface area contributed by atoms with Crippen molar-refractivity contribution in [1.82, 2.24) is 0 Å². The number of hydrogen-bond donors (Lipinski definition) is 0. The molecule has 29 heavy (non-hydrogen) atoms. The van der Waals surface area contributed by atoms with Crippen LogP contribution in [0.2, 0.25) is 0 Å². The van der Waals surface area contributed by atoms with Gasteiger partial charge < -0.3 is 9.47 Å². The Kier molecular flexibility index (Phi) is 8.59. The molecule has 1 rings (SSSR count). The van der Waals surface area contributed by atoms with E-state index in [1.807, 2.05) is 0 Å². The molecule has 0 N–H and O–H groups in total. The Balaban J connectivity index is 3.49. The average molecular weight is 507 g/mol. The van der Waals surface area contributed by atoms with Gasteiger partial charge in [0.25, 0.3) is 40.5 Å². The standard InChI is InChI=1S/C11H22O14S4/c1-20-11-10(25-29(5,18)19)9(24-28(4,16)17)8(23-27(3,14)15)7(22-11)6-21-26(2,12)13/h7-11H,6H2,1-5H3/t7-,8-,9+,10-,11+/m1/s1. The summed E-state index contributed by atoms with van der Waals surface area (Å²) in [6.07, 6.45) is -6.25. The number of ether oxygens (including phenoxy) is 2. The minimum absolute atomic E-state index is 0.612. The summed E-state index contributed by atoms with van der Waals surface area (Å²) in [5, 5.41) is 0. The quantitative estimate of drug-likeness (QED) is 0.279. The highest BCUT2D eigenvalue weighted by Crippen LogP contribution is 2.31. The highest BCUT2D eigenvalue weighted by molar-refractivity contribution is 7.86. The molecular formula is C11H22O14S4. The zero-order chi connectivity index (χ0) is 22.8. The van der Waals surface area contributed by atoms with Crippen molar-refractivity contribution in [2.45, 2.75) is 30.7 Å². The normalized spacial score (nSPS) is 29.6. The molecule has 1 aliphatic heterocycles. The van der Waals surface area contributed by atoms with Gasteiger partial charge in [-0.05, 0) is 0 Å². The van der Waals surface area contributed by atoms with Crippen molar-refractivity contribution in [1.29, 1.82) is 0 Å². The minimum atomic E-state index is -4.32. The second kappa shape index (κ2) is 9.37. The van der Waals surface area contributed by atoms with Crippen molar-refractivity contribution < 1.29 is 59.9 Å². The number of methoxy groups -OCH3 is 1. The largest absolute Gasteiger partial charge is 0.353 e. The highest BCUT2D eigenvalue weighted by Gasteiger charge is 2.53. The van der Waals surface area contributed by atoms with Crippen molar-refractivity contribution in [3.63, 3.8) is 0 Å². The summed E-state index contributed by atoms with van der Waals surface area (Å²) < 4.78 is 122. The van der Waals surface area contributed by atoms with Crippen molar-refractivity contribution in [3.8, 4) is 0 Å². The van der Waals surface area contributed by atoms with Gasteiger partial charge in [-0.3, -0.25) is 16.7 Å². The van der Waals surface area contributed by atoms with E-state index in [0.717, 1.165) is 7.11 Å². The SMILES string of the molecule is CO[C@H]1O[C@H](COS(C)(=O)=O)[C@@H](OS(C)(=O)=O)[C@H](OS(C)(=O)=O)[C@H]1OS(C)(=O)=O. The van der Waals surface area contributed by atoms with E-state index in [2.05, 4.69) is 4.18 Å². The maximum absolute atomic E-state index is 11.7. The molecular weight excluding hydrogens is 484 g/mol. The second-order valence-electron chi connectivity index (χ2n) is 6.06. The molecule has 1 heterocycles. The van der Waals surface area contributed by atoms with Gasteiger partial charge in [-0.15, -0.1) is 0 Å². The van der Waals surface area contributed by atoms with E-state index in [9.17, 15) is 33.7 Å². The van der Waals surface area contributed by atoms with Gasteiger partial charge in [0.05, 0.1) is 31.6 Å². The molecule has 0 aromatic rings. The minimum Gasteiger partial charge on any atom is -0.353 e. The van der Waals surface area contributed by atoms with Gasteiger partial charge in [0, 0.05) is 7.11 Å². The van der Waals surface area contributed by atoms with Crippen molar-refractivity contribution in [2.24, 2.45) is 0 Å². The fourth-order valence-electron chi connectivity index (χ4n) is 2.33. The molecule has 1 aliphatic rings. The molecule has 14 nitrogen and oxygen atoms in total. The molecule has 0 aromatic heterocycles. The lowest BCUT2D eigenvalue weighted by molar-refractivity contribution is -0.276. The third-order valence-corrected chi connectivity index (χ3v) is 5.41. The Labute approximate surface area is 169 Å².